The first-order valence-electron chi connectivity index (χ1n) is 9.74. The summed E-state index contributed by atoms with van der Waals surface area (Å²) in [6, 6.07) is 13.5. The van der Waals surface area contributed by atoms with E-state index in [4.69, 9.17) is 4.74 Å². The molecule has 0 saturated heterocycles. The Morgan fingerprint density at radius 2 is 1.82 bits per heavy atom. The molecule has 2 amide bonds. The first kappa shape index (κ1) is 20.0. The number of aromatic nitrogens is 1. The van der Waals surface area contributed by atoms with Crippen LogP contribution in [0.2, 0.25) is 0 Å². The van der Waals surface area contributed by atoms with Gasteiger partial charge < -0.3 is 15.4 Å². The SMILES string of the molecule is Cc1ccc(C(=O)N[C@@H]2CCC[C@@H](NC(=O)COCc3ccccc3)C2)cn1. The summed E-state index contributed by atoms with van der Waals surface area (Å²) in [5.74, 6) is -0.230. The molecule has 148 valence electrons. The van der Waals surface area contributed by atoms with Gasteiger partial charge in [0.15, 0.2) is 0 Å². The number of pyridine rings is 1. The topological polar surface area (TPSA) is 80.3 Å². The Balaban J connectivity index is 1.40. The van der Waals surface area contributed by atoms with Gasteiger partial charge in [0.25, 0.3) is 5.91 Å². The van der Waals surface area contributed by atoms with Crippen molar-refractivity contribution in [2.24, 2.45) is 0 Å². The van der Waals surface area contributed by atoms with Crippen molar-refractivity contribution in [1.29, 1.82) is 0 Å². The Bertz CT molecular complexity index is 777. The molecule has 1 aliphatic rings. The molecule has 2 atom stereocenters. The van der Waals surface area contributed by atoms with Crippen LogP contribution in [0.5, 0.6) is 0 Å². The van der Waals surface area contributed by atoms with E-state index in [1.807, 2.05) is 43.3 Å². The molecule has 1 aromatic carbocycles. The largest absolute Gasteiger partial charge is 0.367 e. The molecule has 1 heterocycles. The summed E-state index contributed by atoms with van der Waals surface area (Å²) >= 11 is 0. The molecule has 0 aliphatic heterocycles. The molecule has 1 saturated carbocycles. The van der Waals surface area contributed by atoms with E-state index in [9.17, 15) is 9.59 Å². The molecule has 1 fully saturated rings. The summed E-state index contributed by atoms with van der Waals surface area (Å²) in [4.78, 5) is 28.7. The van der Waals surface area contributed by atoms with Crippen LogP contribution in [-0.2, 0) is 16.1 Å². The van der Waals surface area contributed by atoms with Gasteiger partial charge >= 0.3 is 0 Å². The molecule has 6 nitrogen and oxygen atoms in total. The summed E-state index contributed by atoms with van der Waals surface area (Å²) in [6.45, 7) is 2.35. The van der Waals surface area contributed by atoms with Gasteiger partial charge in [-0.3, -0.25) is 14.6 Å². The Kier molecular flexibility index (Phi) is 7.14. The van der Waals surface area contributed by atoms with Crippen molar-refractivity contribution in [3.8, 4) is 0 Å². The van der Waals surface area contributed by atoms with Crippen LogP contribution in [-0.4, -0.2) is 35.5 Å². The second-order valence-corrected chi connectivity index (χ2v) is 7.27. The molecule has 6 heteroatoms. The zero-order valence-electron chi connectivity index (χ0n) is 16.2. The third-order valence-electron chi connectivity index (χ3n) is 4.89. The lowest BCUT2D eigenvalue weighted by molar-refractivity contribution is -0.127. The third kappa shape index (κ3) is 6.16. The van der Waals surface area contributed by atoms with Crippen molar-refractivity contribution in [3.05, 3.63) is 65.5 Å². The van der Waals surface area contributed by atoms with E-state index >= 15 is 0 Å². The Morgan fingerprint density at radius 3 is 2.54 bits per heavy atom. The molecule has 0 spiro atoms. The molecule has 0 radical (unpaired) electrons. The molecule has 28 heavy (non-hydrogen) atoms. The van der Waals surface area contributed by atoms with E-state index in [0.29, 0.717) is 12.2 Å². The van der Waals surface area contributed by atoms with Crippen molar-refractivity contribution in [1.82, 2.24) is 15.6 Å². The predicted molar refractivity (Wildman–Crippen MR) is 107 cm³/mol. The Morgan fingerprint density at radius 1 is 1.07 bits per heavy atom. The number of carbonyl (C=O) groups is 2. The van der Waals surface area contributed by atoms with E-state index in [1.54, 1.807) is 12.3 Å². The van der Waals surface area contributed by atoms with Crippen LogP contribution in [0.4, 0.5) is 0 Å². The lowest BCUT2D eigenvalue weighted by Gasteiger charge is -2.30. The predicted octanol–water partition coefficient (Wildman–Crippen LogP) is 2.76. The van der Waals surface area contributed by atoms with Gasteiger partial charge in [-0.2, -0.15) is 0 Å². The van der Waals surface area contributed by atoms with Crippen LogP contribution in [0, 0.1) is 6.92 Å². The van der Waals surface area contributed by atoms with E-state index < -0.39 is 0 Å². The highest BCUT2D eigenvalue weighted by molar-refractivity contribution is 5.94. The number of benzene rings is 1. The lowest BCUT2D eigenvalue weighted by Crippen LogP contribution is -2.46. The maximum absolute atomic E-state index is 12.4. The number of amides is 2. The summed E-state index contributed by atoms with van der Waals surface area (Å²) in [6.07, 6.45) is 5.13. The highest BCUT2D eigenvalue weighted by Crippen LogP contribution is 2.19. The molecule has 2 N–H and O–H groups in total. The van der Waals surface area contributed by atoms with Gasteiger partial charge in [-0.05, 0) is 50.3 Å². The second kappa shape index (κ2) is 9.99. The average Bonchev–Trinajstić information content (AvgIpc) is 2.69. The number of carbonyl (C=O) groups excluding carboxylic acids is 2. The number of nitrogens with zero attached hydrogens (tertiary/aromatic N) is 1. The first-order valence-corrected chi connectivity index (χ1v) is 9.74. The minimum Gasteiger partial charge on any atom is -0.367 e. The monoisotopic (exact) mass is 381 g/mol. The Hall–Kier alpha value is -2.73. The number of nitrogens with one attached hydrogen (secondary N) is 2. The molecule has 3 rings (SSSR count). The quantitative estimate of drug-likeness (QED) is 0.773. The van der Waals surface area contributed by atoms with Gasteiger partial charge in [-0.25, -0.2) is 0 Å². The highest BCUT2D eigenvalue weighted by atomic mass is 16.5. The minimum absolute atomic E-state index is 0.0391. The smallest absolute Gasteiger partial charge is 0.253 e. The van der Waals surface area contributed by atoms with E-state index in [0.717, 1.165) is 36.9 Å². The lowest BCUT2D eigenvalue weighted by atomic mass is 9.90. The van der Waals surface area contributed by atoms with Crippen molar-refractivity contribution in [2.45, 2.75) is 51.3 Å². The van der Waals surface area contributed by atoms with Gasteiger partial charge in [0, 0.05) is 24.0 Å². The average molecular weight is 381 g/mol. The summed E-state index contributed by atoms with van der Waals surface area (Å²) in [5, 5.41) is 6.09. The number of rotatable bonds is 7. The van der Waals surface area contributed by atoms with Gasteiger partial charge in [0.1, 0.15) is 6.61 Å². The second-order valence-electron chi connectivity index (χ2n) is 7.27. The summed E-state index contributed by atoms with van der Waals surface area (Å²) in [5.41, 5.74) is 2.49. The number of aryl methyl sites for hydroxylation is 1. The number of hydrogen-bond acceptors (Lipinski definition) is 4. The zero-order valence-corrected chi connectivity index (χ0v) is 16.2. The maximum Gasteiger partial charge on any atom is 0.253 e. The van der Waals surface area contributed by atoms with Crippen molar-refractivity contribution < 1.29 is 14.3 Å². The molecule has 1 aliphatic carbocycles. The third-order valence-corrected chi connectivity index (χ3v) is 4.89. The summed E-state index contributed by atoms with van der Waals surface area (Å²) in [7, 11) is 0. The molecule has 0 unspecified atom stereocenters. The normalized spacial score (nSPS) is 19.0. The Labute approximate surface area is 165 Å². The maximum atomic E-state index is 12.4. The van der Waals surface area contributed by atoms with Crippen LogP contribution in [0.3, 0.4) is 0 Å². The number of hydrogen-bond donors (Lipinski definition) is 2. The zero-order chi connectivity index (χ0) is 19.8. The van der Waals surface area contributed by atoms with Gasteiger partial charge in [-0.1, -0.05) is 30.3 Å². The van der Waals surface area contributed by atoms with Crippen LogP contribution in [0.1, 0.15) is 47.3 Å². The van der Waals surface area contributed by atoms with Crippen LogP contribution < -0.4 is 10.6 Å². The minimum atomic E-state index is -0.115. The number of ether oxygens (including phenoxy) is 1. The van der Waals surface area contributed by atoms with Crippen LogP contribution in [0.25, 0.3) is 0 Å². The van der Waals surface area contributed by atoms with E-state index in [-0.39, 0.29) is 30.5 Å². The summed E-state index contributed by atoms with van der Waals surface area (Å²) < 4.78 is 5.49. The molecule has 1 aromatic heterocycles. The van der Waals surface area contributed by atoms with Crippen molar-refractivity contribution in [2.75, 3.05) is 6.61 Å². The van der Waals surface area contributed by atoms with E-state index in [2.05, 4.69) is 15.6 Å². The molecule has 0 bridgehead atoms. The fraction of sp³-hybridized carbons (Fsp3) is 0.409. The highest BCUT2D eigenvalue weighted by Gasteiger charge is 2.24. The van der Waals surface area contributed by atoms with Gasteiger partial charge in [-0.15, -0.1) is 0 Å². The fourth-order valence-corrected chi connectivity index (χ4v) is 3.43. The van der Waals surface area contributed by atoms with Gasteiger partial charge in [0.2, 0.25) is 5.91 Å². The molecule has 2 aromatic rings. The van der Waals surface area contributed by atoms with Crippen LogP contribution in [0.15, 0.2) is 48.7 Å². The van der Waals surface area contributed by atoms with Crippen molar-refractivity contribution in [3.63, 3.8) is 0 Å². The van der Waals surface area contributed by atoms with E-state index in [1.165, 1.54) is 0 Å². The fourth-order valence-electron chi connectivity index (χ4n) is 3.43. The standard InChI is InChI=1S/C22H27N3O3/c1-16-10-11-18(13-23-16)22(27)25-20-9-5-8-19(12-20)24-21(26)15-28-14-17-6-3-2-4-7-17/h2-4,6-7,10-11,13,19-20H,5,8-9,12,14-15H2,1H3,(H,24,26)(H,25,27)/t19-,20-/m1/s1. The first-order chi connectivity index (χ1) is 13.6. The van der Waals surface area contributed by atoms with Gasteiger partial charge in [0.05, 0.1) is 12.2 Å². The van der Waals surface area contributed by atoms with Crippen LogP contribution >= 0.6 is 0 Å². The molecular weight excluding hydrogens is 354 g/mol. The molecular formula is C22H27N3O3. The van der Waals surface area contributed by atoms with Crippen molar-refractivity contribution >= 4 is 11.8 Å².